The lowest BCUT2D eigenvalue weighted by Crippen LogP contribution is -2.24. The van der Waals surface area contributed by atoms with Gasteiger partial charge in [-0.25, -0.2) is 0 Å². The predicted octanol–water partition coefficient (Wildman–Crippen LogP) is 2.97. The van der Waals surface area contributed by atoms with Gasteiger partial charge in [0.1, 0.15) is 0 Å². The van der Waals surface area contributed by atoms with Crippen molar-refractivity contribution in [3.05, 3.63) is 0 Å². The first-order chi connectivity index (χ1) is 6.25. The molecule has 0 radical (unpaired) electrons. The van der Waals surface area contributed by atoms with E-state index in [4.69, 9.17) is 0 Å². The van der Waals surface area contributed by atoms with Gasteiger partial charge in [-0.2, -0.15) is 0 Å². The van der Waals surface area contributed by atoms with E-state index in [0.717, 1.165) is 18.3 Å². The van der Waals surface area contributed by atoms with Gasteiger partial charge in [0.25, 0.3) is 0 Å². The van der Waals surface area contributed by atoms with Crippen LogP contribution in [0.1, 0.15) is 51.9 Å². The Hall–Kier alpha value is -0.0400. The van der Waals surface area contributed by atoms with E-state index in [1.54, 1.807) is 0 Å². The van der Waals surface area contributed by atoms with Crippen LogP contribution in [-0.2, 0) is 0 Å². The second-order valence-electron chi connectivity index (χ2n) is 5.28. The molecule has 0 amide bonds. The van der Waals surface area contributed by atoms with Gasteiger partial charge in [-0.05, 0) is 37.0 Å². The highest BCUT2D eigenvalue weighted by Crippen LogP contribution is 2.38. The van der Waals surface area contributed by atoms with Crippen LogP contribution in [0.15, 0.2) is 0 Å². The molecule has 0 aliphatic heterocycles. The van der Waals surface area contributed by atoms with E-state index >= 15 is 0 Å². The molecule has 1 heteroatoms. The summed E-state index contributed by atoms with van der Waals surface area (Å²) in [7, 11) is 0. The van der Waals surface area contributed by atoms with E-state index < -0.39 is 0 Å². The Morgan fingerprint density at radius 3 is 2.46 bits per heavy atom. The van der Waals surface area contributed by atoms with E-state index in [-0.39, 0.29) is 6.10 Å². The molecule has 76 valence electrons. The van der Waals surface area contributed by atoms with Crippen molar-refractivity contribution in [2.24, 2.45) is 17.8 Å². The molecule has 0 aromatic carbocycles. The molecule has 2 saturated carbocycles. The Balaban J connectivity index is 1.72. The molecule has 2 aliphatic rings. The fourth-order valence-electron chi connectivity index (χ4n) is 2.86. The summed E-state index contributed by atoms with van der Waals surface area (Å²) in [5.41, 5.74) is 0. The van der Waals surface area contributed by atoms with Gasteiger partial charge >= 0.3 is 0 Å². The molecule has 0 saturated heterocycles. The minimum atomic E-state index is 0.0234. The summed E-state index contributed by atoms with van der Waals surface area (Å²) in [4.78, 5) is 0. The molecule has 1 N–H and O–H groups in total. The van der Waals surface area contributed by atoms with E-state index in [2.05, 4.69) is 6.92 Å². The maximum absolute atomic E-state index is 10.0. The summed E-state index contributed by atoms with van der Waals surface area (Å²) < 4.78 is 0. The van der Waals surface area contributed by atoms with Crippen molar-refractivity contribution in [1.29, 1.82) is 0 Å². The molecule has 0 aromatic rings. The van der Waals surface area contributed by atoms with E-state index in [1.165, 1.54) is 38.5 Å². The molecule has 2 rings (SSSR count). The lowest BCUT2D eigenvalue weighted by atomic mass is 9.79. The van der Waals surface area contributed by atoms with Crippen LogP contribution in [0.3, 0.4) is 0 Å². The van der Waals surface area contributed by atoms with Crippen molar-refractivity contribution in [2.75, 3.05) is 0 Å². The molecule has 2 aliphatic carbocycles. The monoisotopic (exact) mass is 182 g/mol. The van der Waals surface area contributed by atoms with Crippen molar-refractivity contribution in [3.8, 4) is 0 Å². The van der Waals surface area contributed by atoms with Gasteiger partial charge < -0.3 is 5.11 Å². The Morgan fingerprint density at radius 2 is 2.00 bits per heavy atom. The van der Waals surface area contributed by atoms with Gasteiger partial charge in [0, 0.05) is 0 Å². The van der Waals surface area contributed by atoms with Gasteiger partial charge in [-0.3, -0.25) is 0 Å². The summed E-state index contributed by atoms with van der Waals surface area (Å²) >= 11 is 0. The Bertz CT molecular complexity index is 163. The zero-order valence-corrected chi connectivity index (χ0v) is 8.71. The fraction of sp³-hybridized carbons (Fsp3) is 1.00. The predicted molar refractivity (Wildman–Crippen MR) is 54.5 cm³/mol. The summed E-state index contributed by atoms with van der Waals surface area (Å²) in [5.74, 6) is 2.36. The maximum atomic E-state index is 10.0. The van der Waals surface area contributed by atoms with Crippen LogP contribution in [0, 0.1) is 17.8 Å². The number of hydrogen-bond acceptors (Lipinski definition) is 1. The Morgan fingerprint density at radius 1 is 1.23 bits per heavy atom. The summed E-state index contributed by atoms with van der Waals surface area (Å²) in [6.07, 6.45) is 9.15. The van der Waals surface area contributed by atoms with Crippen molar-refractivity contribution in [3.63, 3.8) is 0 Å². The number of rotatable bonds is 3. The number of hydrogen-bond donors (Lipinski definition) is 1. The largest absolute Gasteiger partial charge is 0.393 e. The quantitative estimate of drug-likeness (QED) is 0.711. The molecule has 1 nitrogen and oxygen atoms in total. The Labute approximate surface area is 81.5 Å². The number of aliphatic hydroxyl groups is 1. The van der Waals surface area contributed by atoms with Crippen molar-refractivity contribution >= 4 is 0 Å². The average molecular weight is 182 g/mol. The zero-order chi connectivity index (χ0) is 9.26. The molecule has 3 atom stereocenters. The van der Waals surface area contributed by atoms with Crippen molar-refractivity contribution in [1.82, 2.24) is 0 Å². The zero-order valence-electron chi connectivity index (χ0n) is 8.71. The van der Waals surface area contributed by atoms with Crippen LogP contribution in [0.5, 0.6) is 0 Å². The van der Waals surface area contributed by atoms with Gasteiger partial charge in [0.2, 0.25) is 0 Å². The third-order valence-electron chi connectivity index (χ3n) is 4.08. The van der Waals surface area contributed by atoms with E-state index in [1.807, 2.05) is 0 Å². The van der Waals surface area contributed by atoms with Gasteiger partial charge in [0.15, 0.2) is 0 Å². The van der Waals surface area contributed by atoms with Crippen LogP contribution in [0.25, 0.3) is 0 Å². The minimum Gasteiger partial charge on any atom is -0.393 e. The fourth-order valence-corrected chi connectivity index (χ4v) is 2.86. The molecule has 3 unspecified atom stereocenters. The topological polar surface area (TPSA) is 20.2 Å². The van der Waals surface area contributed by atoms with Gasteiger partial charge in [-0.15, -0.1) is 0 Å². The van der Waals surface area contributed by atoms with Crippen LogP contribution < -0.4 is 0 Å². The highest BCUT2D eigenvalue weighted by atomic mass is 16.3. The summed E-state index contributed by atoms with van der Waals surface area (Å²) in [5, 5.41) is 10.0. The van der Waals surface area contributed by atoms with E-state index in [9.17, 15) is 5.11 Å². The first-order valence-corrected chi connectivity index (χ1v) is 5.93. The maximum Gasteiger partial charge on any atom is 0.0571 e. The molecule has 0 heterocycles. The number of aliphatic hydroxyl groups excluding tert-OH is 1. The molecule has 0 bridgehead atoms. The normalized spacial score (nSPS) is 37.4. The third kappa shape index (κ3) is 2.25. The third-order valence-corrected chi connectivity index (χ3v) is 4.08. The minimum absolute atomic E-state index is 0.0234. The molecule has 2 fully saturated rings. The molecule has 0 aromatic heterocycles. The molecular weight excluding hydrogens is 160 g/mol. The first-order valence-electron chi connectivity index (χ1n) is 5.93. The van der Waals surface area contributed by atoms with E-state index in [0.29, 0.717) is 5.92 Å². The standard InChI is InChI=1S/C12H22O/c1-9-5-6-11(7-9)12(13)8-10-3-2-4-10/h9-13H,2-8H2,1H3. The summed E-state index contributed by atoms with van der Waals surface area (Å²) in [6.45, 7) is 2.32. The van der Waals surface area contributed by atoms with Crippen LogP contribution in [0.4, 0.5) is 0 Å². The van der Waals surface area contributed by atoms with Gasteiger partial charge in [0.05, 0.1) is 6.10 Å². The highest BCUT2D eigenvalue weighted by Gasteiger charge is 2.30. The van der Waals surface area contributed by atoms with Crippen molar-refractivity contribution < 1.29 is 5.11 Å². The lowest BCUT2D eigenvalue weighted by molar-refractivity contribution is 0.0666. The molecule has 13 heavy (non-hydrogen) atoms. The SMILES string of the molecule is CC1CCC(C(O)CC2CCC2)C1. The van der Waals surface area contributed by atoms with Crippen molar-refractivity contribution in [2.45, 2.75) is 58.0 Å². The summed E-state index contributed by atoms with van der Waals surface area (Å²) in [6, 6.07) is 0. The Kier molecular flexibility index (Phi) is 2.92. The molecule has 0 spiro atoms. The smallest absolute Gasteiger partial charge is 0.0571 e. The molecular formula is C12H22O. The highest BCUT2D eigenvalue weighted by molar-refractivity contribution is 4.82. The average Bonchev–Trinajstić information content (AvgIpc) is 2.44. The van der Waals surface area contributed by atoms with Crippen LogP contribution >= 0.6 is 0 Å². The second-order valence-corrected chi connectivity index (χ2v) is 5.28. The lowest BCUT2D eigenvalue weighted by Gasteiger charge is -2.29. The first kappa shape index (κ1) is 9.51. The van der Waals surface area contributed by atoms with Gasteiger partial charge in [-0.1, -0.05) is 32.6 Å². The van der Waals surface area contributed by atoms with Crippen LogP contribution in [-0.4, -0.2) is 11.2 Å². The second kappa shape index (κ2) is 4.00. The van der Waals surface area contributed by atoms with Crippen LogP contribution in [0.2, 0.25) is 0 Å².